The number of alkyl halides is 3. The van der Waals surface area contributed by atoms with Gasteiger partial charge in [-0.1, -0.05) is 11.6 Å². The zero-order chi connectivity index (χ0) is 14.7. The van der Waals surface area contributed by atoms with Crippen LogP contribution in [0.1, 0.15) is 18.4 Å². The minimum Gasteiger partial charge on any atom is -0.494 e. The molecule has 0 amide bonds. The number of benzene rings is 1. The summed E-state index contributed by atoms with van der Waals surface area (Å²) in [6, 6.07) is 3.18. The summed E-state index contributed by atoms with van der Waals surface area (Å²) in [5, 5.41) is 0. The van der Waals surface area contributed by atoms with Crippen LogP contribution in [0.15, 0.2) is 18.2 Å². The van der Waals surface area contributed by atoms with Crippen molar-refractivity contribution in [3.05, 3.63) is 23.8 Å². The van der Waals surface area contributed by atoms with Crippen molar-refractivity contribution in [2.45, 2.75) is 25.9 Å². The smallest absolute Gasteiger partial charge is 0.494 e. The topological polar surface area (TPSA) is 9.23 Å². The molecule has 0 aliphatic carbocycles. The van der Waals surface area contributed by atoms with Crippen LogP contribution in [0.25, 0.3) is 0 Å². The molecule has 0 aromatic heterocycles. The molecule has 0 radical (unpaired) electrons. The molecule has 0 atom stereocenters. The summed E-state index contributed by atoms with van der Waals surface area (Å²) >= 11 is 0. The van der Waals surface area contributed by atoms with Crippen LogP contribution in [0.2, 0.25) is 0 Å². The molecule has 0 bridgehead atoms. The fourth-order valence-electron chi connectivity index (χ4n) is 1.57. The van der Waals surface area contributed by atoms with Crippen molar-refractivity contribution in [3.8, 4) is 5.75 Å². The average Bonchev–Trinajstić information content (AvgIpc) is 2.21. The van der Waals surface area contributed by atoms with Crippen molar-refractivity contribution >= 4 is 12.4 Å². The molecule has 0 aliphatic heterocycles. The van der Waals surface area contributed by atoms with Crippen LogP contribution in [0, 0.1) is 6.92 Å². The molecule has 0 aliphatic rings. The van der Waals surface area contributed by atoms with E-state index in [1.54, 1.807) is 0 Å². The van der Waals surface area contributed by atoms with Crippen LogP contribution >= 0.6 is 0 Å². The Balaban J connectivity index is 2.55. The highest BCUT2D eigenvalue weighted by Gasteiger charge is 2.27. The molecule has 0 unspecified atom stereocenters. The third kappa shape index (κ3) is 5.44. The van der Waals surface area contributed by atoms with Gasteiger partial charge in [-0.15, -0.1) is 5.46 Å². The van der Waals surface area contributed by atoms with E-state index in [0.717, 1.165) is 12.1 Å². The molecule has 0 saturated heterocycles. The lowest BCUT2D eigenvalue weighted by atomic mass is 9.77. The van der Waals surface area contributed by atoms with Crippen LogP contribution in [-0.4, -0.2) is 19.8 Å². The first-order valence-electron chi connectivity index (χ1n) is 5.59. The Morgan fingerprint density at radius 2 is 1.79 bits per heavy atom. The van der Waals surface area contributed by atoms with Gasteiger partial charge in [-0.3, -0.25) is 0 Å². The molecule has 8 heteroatoms. The largest absolute Gasteiger partial charge is 0.509 e. The summed E-state index contributed by atoms with van der Waals surface area (Å²) in [4.78, 5) is 0. The molecule has 0 saturated carbocycles. The second-order valence-corrected chi connectivity index (χ2v) is 4.16. The van der Waals surface area contributed by atoms with Crippen molar-refractivity contribution in [3.63, 3.8) is 0 Å². The van der Waals surface area contributed by atoms with Crippen molar-refractivity contribution in [2.24, 2.45) is 0 Å². The van der Waals surface area contributed by atoms with Crippen LogP contribution in [-0.2, 0) is 0 Å². The van der Waals surface area contributed by atoms with Gasteiger partial charge in [-0.25, -0.2) is 0 Å². The Bertz CT molecular complexity index is 426. The summed E-state index contributed by atoms with van der Waals surface area (Å²) in [5.41, 5.74) is -0.719. The highest BCUT2D eigenvalue weighted by Crippen LogP contribution is 2.22. The quantitative estimate of drug-likeness (QED) is 0.454. The number of hydrogen-bond acceptors (Lipinski definition) is 1. The molecule has 1 rings (SSSR count). The van der Waals surface area contributed by atoms with Gasteiger partial charge in [0, 0.05) is 6.42 Å². The maximum atomic E-state index is 12.5. The highest BCUT2D eigenvalue weighted by atomic mass is 19.4. The van der Waals surface area contributed by atoms with E-state index in [1.807, 2.05) is 0 Å². The van der Waals surface area contributed by atoms with E-state index in [9.17, 15) is 26.1 Å². The van der Waals surface area contributed by atoms with E-state index in [-0.39, 0.29) is 24.3 Å². The zero-order valence-electron chi connectivity index (χ0n) is 10.1. The minimum atomic E-state index is -5.09. The van der Waals surface area contributed by atoms with Crippen molar-refractivity contribution < 1.29 is 30.9 Å². The lowest BCUT2D eigenvalue weighted by Gasteiger charge is -2.18. The van der Waals surface area contributed by atoms with Gasteiger partial charge in [0.25, 0.3) is 0 Å². The van der Waals surface area contributed by atoms with Crippen LogP contribution < -0.4 is 10.2 Å². The molecular weight excluding hydrogens is 273 g/mol. The molecule has 1 aromatic rings. The molecule has 0 spiro atoms. The van der Waals surface area contributed by atoms with E-state index >= 15 is 0 Å². The number of rotatable bonds is 5. The third-order valence-corrected chi connectivity index (χ3v) is 2.47. The molecule has 1 nitrogen and oxygen atoms in total. The molecule has 0 fully saturated rings. The molecule has 0 heterocycles. The number of hydrogen-bond donors (Lipinski definition) is 0. The Labute approximate surface area is 106 Å². The average molecular weight is 285 g/mol. The third-order valence-electron chi connectivity index (χ3n) is 2.47. The fourth-order valence-corrected chi connectivity index (χ4v) is 1.57. The van der Waals surface area contributed by atoms with Crippen LogP contribution in [0.4, 0.5) is 26.1 Å². The van der Waals surface area contributed by atoms with E-state index in [2.05, 4.69) is 0 Å². The van der Waals surface area contributed by atoms with E-state index < -0.39 is 25.0 Å². The zero-order valence-corrected chi connectivity index (χ0v) is 10.1. The van der Waals surface area contributed by atoms with Gasteiger partial charge >= 0.3 is 13.2 Å². The Morgan fingerprint density at radius 1 is 1.16 bits per heavy atom. The summed E-state index contributed by atoms with van der Waals surface area (Å²) in [7, 11) is 0. The lowest BCUT2D eigenvalue weighted by Crippen LogP contribution is -2.35. The Morgan fingerprint density at radius 3 is 2.26 bits per heavy atom. The molecule has 0 N–H and O–H groups in total. The Hall–Kier alpha value is -1.34. The van der Waals surface area contributed by atoms with Gasteiger partial charge in [0.1, 0.15) is 5.75 Å². The van der Waals surface area contributed by atoms with Gasteiger partial charge in [0.2, 0.25) is 0 Å². The van der Waals surface area contributed by atoms with Crippen molar-refractivity contribution in [1.29, 1.82) is 0 Å². The van der Waals surface area contributed by atoms with Crippen LogP contribution in [0.3, 0.4) is 0 Å². The number of ether oxygens (including phenoxy) is 1. The first-order chi connectivity index (χ1) is 8.59. The standard InChI is InChI=1S/C11H12BF6O/c1-8-7-9(3-4-10(8)12(16,17)18)19-6-2-5-11(13,14)15/h3-4,7H,2,5-6H2,1H3/q-1. The molecule has 108 valence electrons. The number of aryl methyl sites for hydroxylation is 1. The fraction of sp³-hybridized carbons (Fsp3) is 0.455. The van der Waals surface area contributed by atoms with Crippen LogP contribution in [0.5, 0.6) is 5.75 Å². The van der Waals surface area contributed by atoms with Crippen molar-refractivity contribution in [1.82, 2.24) is 0 Å². The van der Waals surface area contributed by atoms with Gasteiger partial charge in [-0.05, 0) is 25.5 Å². The van der Waals surface area contributed by atoms with Crippen molar-refractivity contribution in [2.75, 3.05) is 6.61 Å². The van der Waals surface area contributed by atoms with Gasteiger partial charge < -0.3 is 17.7 Å². The molecular formula is C11H12BF6O-. The maximum Gasteiger partial charge on any atom is 0.509 e. The molecule has 1 aromatic carbocycles. The van der Waals surface area contributed by atoms with E-state index in [4.69, 9.17) is 4.74 Å². The van der Waals surface area contributed by atoms with E-state index in [1.165, 1.54) is 13.0 Å². The normalized spacial score (nSPS) is 12.6. The monoisotopic (exact) mass is 285 g/mol. The van der Waals surface area contributed by atoms with Gasteiger partial charge in [0.05, 0.1) is 6.61 Å². The lowest BCUT2D eigenvalue weighted by molar-refractivity contribution is -0.136. The Kier molecular flexibility index (Phi) is 4.76. The number of halogens is 6. The maximum absolute atomic E-state index is 12.5. The predicted octanol–water partition coefficient (Wildman–Crippen LogP) is 3.77. The predicted molar refractivity (Wildman–Crippen MR) is 60.7 cm³/mol. The highest BCUT2D eigenvalue weighted by molar-refractivity contribution is 6.74. The first-order valence-corrected chi connectivity index (χ1v) is 5.59. The first kappa shape index (κ1) is 15.7. The molecule has 19 heavy (non-hydrogen) atoms. The summed E-state index contributed by atoms with van der Waals surface area (Å²) in [6.45, 7) is -3.99. The van der Waals surface area contributed by atoms with Gasteiger partial charge in [0.15, 0.2) is 0 Å². The second kappa shape index (κ2) is 5.75. The summed E-state index contributed by atoms with van der Waals surface area (Å²) < 4.78 is 78.1. The summed E-state index contributed by atoms with van der Waals surface area (Å²) in [6.07, 6.45) is -5.45. The summed E-state index contributed by atoms with van der Waals surface area (Å²) in [5.74, 6) is 0.142. The van der Waals surface area contributed by atoms with E-state index in [0.29, 0.717) is 0 Å². The SMILES string of the molecule is Cc1cc(OCCCC(F)(F)F)ccc1[B-](F)(F)F. The van der Waals surface area contributed by atoms with Gasteiger partial charge in [-0.2, -0.15) is 13.2 Å². The second-order valence-electron chi connectivity index (χ2n) is 4.16. The minimum absolute atomic E-state index is 0.000761.